The minimum Gasteiger partial charge on any atom is -0.314 e. The molecule has 19 heavy (non-hydrogen) atoms. The third-order valence-corrected chi connectivity index (χ3v) is 4.13. The Morgan fingerprint density at radius 1 is 1.21 bits per heavy atom. The fraction of sp³-hybridized carbons (Fsp3) is 0.625. The molecule has 0 amide bonds. The van der Waals surface area contributed by atoms with Crippen LogP contribution in [0, 0.1) is 11.7 Å². The summed E-state index contributed by atoms with van der Waals surface area (Å²) in [5, 5.41) is 3.99. The number of hydrogen-bond acceptors (Lipinski definition) is 1. The average Bonchev–Trinajstić information content (AvgIpc) is 2.40. The first-order valence-corrected chi connectivity index (χ1v) is 7.66. The Kier molecular flexibility index (Phi) is 7.40. The lowest BCUT2D eigenvalue weighted by Gasteiger charge is -2.23. The molecular weight excluding hydrogens is 261 g/mol. The van der Waals surface area contributed by atoms with Gasteiger partial charge < -0.3 is 5.32 Å². The highest BCUT2D eigenvalue weighted by Crippen LogP contribution is 2.23. The molecule has 0 saturated heterocycles. The van der Waals surface area contributed by atoms with Crippen LogP contribution in [0.5, 0.6) is 0 Å². The van der Waals surface area contributed by atoms with Crippen LogP contribution in [0.25, 0.3) is 0 Å². The quantitative estimate of drug-likeness (QED) is 0.722. The van der Waals surface area contributed by atoms with Crippen LogP contribution in [0.1, 0.15) is 45.6 Å². The Labute approximate surface area is 121 Å². The summed E-state index contributed by atoms with van der Waals surface area (Å²) in [6, 6.07) is 5.20. The number of rotatable bonds is 8. The Hall–Kier alpha value is -0.600. The molecule has 3 heteroatoms. The van der Waals surface area contributed by atoms with Crippen molar-refractivity contribution < 1.29 is 4.39 Å². The van der Waals surface area contributed by atoms with E-state index in [0.717, 1.165) is 13.0 Å². The number of halogens is 2. The Balaban J connectivity index is 2.77. The Morgan fingerprint density at radius 2 is 1.89 bits per heavy atom. The predicted molar refractivity (Wildman–Crippen MR) is 81.3 cm³/mol. The smallest absolute Gasteiger partial charge is 0.127 e. The van der Waals surface area contributed by atoms with Crippen molar-refractivity contribution in [2.45, 2.75) is 52.5 Å². The lowest BCUT2D eigenvalue weighted by atomic mass is 9.91. The lowest BCUT2D eigenvalue weighted by Crippen LogP contribution is -2.33. The molecule has 0 aliphatic rings. The highest BCUT2D eigenvalue weighted by atomic mass is 35.5. The normalized spacial score (nSPS) is 12.9. The zero-order valence-electron chi connectivity index (χ0n) is 12.2. The SMILES string of the molecule is CCNC(Cc1c(F)cccc1Cl)CC(CC)CC. The first-order chi connectivity index (χ1) is 9.12. The summed E-state index contributed by atoms with van der Waals surface area (Å²) in [5.41, 5.74) is 0.640. The molecule has 1 N–H and O–H groups in total. The van der Waals surface area contributed by atoms with Crippen molar-refractivity contribution in [3.05, 3.63) is 34.6 Å². The van der Waals surface area contributed by atoms with Crippen LogP contribution >= 0.6 is 11.6 Å². The van der Waals surface area contributed by atoms with Gasteiger partial charge in [-0.2, -0.15) is 0 Å². The van der Waals surface area contributed by atoms with Crippen molar-refractivity contribution in [2.75, 3.05) is 6.54 Å². The number of benzene rings is 1. The van der Waals surface area contributed by atoms with Gasteiger partial charge in [-0.15, -0.1) is 0 Å². The number of nitrogens with one attached hydrogen (secondary N) is 1. The molecule has 0 spiro atoms. The molecule has 108 valence electrons. The van der Waals surface area contributed by atoms with Crippen LogP contribution in [0.4, 0.5) is 4.39 Å². The van der Waals surface area contributed by atoms with Gasteiger partial charge in [0.1, 0.15) is 5.82 Å². The zero-order chi connectivity index (χ0) is 14.3. The van der Waals surface area contributed by atoms with Crippen molar-refractivity contribution in [3.63, 3.8) is 0 Å². The summed E-state index contributed by atoms with van der Waals surface area (Å²) in [6.07, 6.45) is 4.08. The van der Waals surface area contributed by atoms with Gasteiger partial charge in [0.15, 0.2) is 0 Å². The van der Waals surface area contributed by atoms with Crippen LogP contribution in [-0.4, -0.2) is 12.6 Å². The van der Waals surface area contributed by atoms with Crippen molar-refractivity contribution >= 4 is 11.6 Å². The summed E-state index contributed by atoms with van der Waals surface area (Å²) >= 11 is 6.11. The van der Waals surface area contributed by atoms with E-state index in [9.17, 15) is 4.39 Å². The van der Waals surface area contributed by atoms with Gasteiger partial charge in [0.25, 0.3) is 0 Å². The van der Waals surface area contributed by atoms with Crippen molar-refractivity contribution in [1.29, 1.82) is 0 Å². The molecule has 0 fully saturated rings. The summed E-state index contributed by atoms with van der Waals surface area (Å²) in [7, 11) is 0. The van der Waals surface area contributed by atoms with E-state index in [2.05, 4.69) is 26.1 Å². The Morgan fingerprint density at radius 3 is 2.42 bits per heavy atom. The molecule has 1 unspecified atom stereocenters. The van der Waals surface area contributed by atoms with Crippen LogP contribution in [0.2, 0.25) is 5.02 Å². The summed E-state index contributed by atoms with van der Waals surface area (Å²) in [6.45, 7) is 7.42. The van der Waals surface area contributed by atoms with Gasteiger partial charge in [0.05, 0.1) is 0 Å². The van der Waals surface area contributed by atoms with E-state index in [0.29, 0.717) is 29.0 Å². The standard InChI is InChI=1S/C16H25ClFN/c1-4-12(5-2)10-13(19-6-3)11-14-15(17)8-7-9-16(14)18/h7-9,12-13,19H,4-6,10-11H2,1-3H3. The van der Waals surface area contributed by atoms with Gasteiger partial charge in [-0.05, 0) is 37.4 Å². The molecule has 0 radical (unpaired) electrons. The van der Waals surface area contributed by atoms with E-state index in [1.807, 2.05) is 0 Å². The summed E-state index contributed by atoms with van der Waals surface area (Å²) < 4.78 is 13.8. The van der Waals surface area contributed by atoms with E-state index in [1.54, 1.807) is 12.1 Å². The maximum absolute atomic E-state index is 13.8. The van der Waals surface area contributed by atoms with E-state index >= 15 is 0 Å². The summed E-state index contributed by atoms with van der Waals surface area (Å²) in [4.78, 5) is 0. The second-order valence-electron chi connectivity index (χ2n) is 5.08. The molecule has 1 aromatic rings. The molecule has 0 aliphatic heterocycles. The van der Waals surface area contributed by atoms with E-state index < -0.39 is 0 Å². The van der Waals surface area contributed by atoms with E-state index in [-0.39, 0.29) is 5.82 Å². The van der Waals surface area contributed by atoms with E-state index in [4.69, 9.17) is 11.6 Å². The molecular formula is C16H25ClFN. The maximum atomic E-state index is 13.8. The van der Waals surface area contributed by atoms with Gasteiger partial charge in [-0.25, -0.2) is 4.39 Å². The fourth-order valence-corrected chi connectivity index (χ4v) is 2.77. The minimum atomic E-state index is -0.194. The lowest BCUT2D eigenvalue weighted by molar-refractivity contribution is 0.365. The molecule has 0 bridgehead atoms. The molecule has 0 aliphatic carbocycles. The van der Waals surface area contributed by atoms with Crippen LogP contribution in [0.15, 0.2) is 18.2 Å². The van der Waals surface area contributed by atoms with Gasteiger partial charge in [-0.1, -0.05) is 51.3 Å². The molecule has 0 saturated carbocycles. The number of likely N-dealkylation sites (N-methyl/N-ethyl adjacent to an activating group) is 1. The van der Waals surface area contributed by atoms with Crippen LogP contribution in [-0.2, 0) is 6.42 Å². The van der Waals surface area contributed by atoms with Gasteiger partial charge in [-0.3, -0.25) is 0 Å². The molecule has 1 aromatic carbocycles. The minimum absolute atomic E-state index is 0.194. The van der Waals surface area contributed by atoms with Gasteiger partial charge in [0, 0.05) is 16.6 Å². The third-order valence-electron chi connectivity index (χ3n) is 3.78. The van der Waals surface area contributed by atoms with Crippen molar-refractivity contribution in [2.24, 2.45) is 5.92 Å². The van der Waals surface area contributed by atoms with Crippen molar-refractivity contribution in [1.82, 2.24) is 5.32 Å². The number of hydrogen-bond donors (Lipinski definition) is 1. The monoisotopic (exact) mass is 285 g/mol. The van der Waals surface area contributed by atoms with Gasteiger partial charge >= 0.3 is 0 Å². The third kappa shape index (κ3) is 5.12. The van der Waals surface area contributed by atoms with E-state index in [1.165, 1.54) is 18.9 Å². The molecule has 1 atom stereocenters. The molecule has 1 rings (SSSR count). The van der Waals surface area contributed by atoms with Crippen LogP contribution in [0.3, 0.4) is 0 Å². The highest BCUT2D eigenvalue weighted by Gasteiger charge is 2.17. The second kappa shape index (κ2) is 8.55. The average molecular weight is 286 g/mol. The topological polar surface area (TPSA) is 12.0 Å². The van der Waals surface area contributed by atoms with Crippen LogP contribution < -0.4 is 5.32 Å². The first kappa shape index (κ1) is 16.5. The van der Waals surface area contributed by atoms with Gasteiger partial charge in [0.2, 0.25) is 0 Å². The molecule has 0 aromatic heterocycles. The molecule has 0 heterocycles. The zero-order valence-corrected chi connectivity index (χ0v) is 12.9. The maximum Gasteiger partial charge on any atom is 0.127 e. The summed E-state index contributed by atoms with van der Waals surface area (Å²) in [5.74, 6) is 0.495. The first-order valence-electron chi connectivity index (χ1n) is 7.28. The molecule has 1 nitrogen and oxygen atoms in total. The largest absolute Gasteiger partial charge is 0.314 e. The fourth-order valence-electron chi connectivity index (χ4n) is 2.53. The van der Waals surface area contributed by atoms with Crippen molar-refractivity contribution in [3.8, 4) is 0 Å². The highest BCUT2D eigenvalue weighted by molar-refractivity contribution is 6.31. The predicted octanol–water partition coefficient (Wildman–Crippen LogP) is 4.83. The second-order valence-corrected chi connectivity index (χ2v) is 5.48. The Bertz CT molecular complexity index is 357.